The number of urea groups is 1. The molecule has 7 nitrogen and oxygen atoms in total. The van der Waals surface area contributed by atoms with Gasteiger partial charge in [-0.1, -0.05) is 12.1 Å². The summed E-state index contributed by atoms with van der Waals surface area (Å²) < 4.78 is 5.03. The van der Waals surface area contributed by atoms with Crippen LogP contribution in [-0.2, 0) is 11.3 Å². The van der Waals surface area contributed by atoms with Crippen LogP contribution in [0, 0.1) is 0 Å². The topological polar surface area (TPSA) is 78.0 Å². The van der Waals surface area contributed by atoms with Gasteiger partial charge in [-0.25, -0.2) is 4.79 Å². The summed E-state index contributed by atoms with van der Waals surface area (Å²) in [5.41, 5.74) is 1.90. The molecular weight excluding hydrogens is 445 g/mol. The van der Waals surface area contributed by atoms with E-state index in [9.17, 15) is 4.79 Å². The van der Waals surface area contributed by atoms with Crippen molar-refractivity contribution in [2.24, 2.45) is 4.99 Å². The number of hydrogen-bond acceptors (Lipinski definition) is 3. The number of amides is 2. The second-order valence-electron chi connectivity index (χ2n) is 6.02. The third kappa shape index (κ3) is 7.77. The summed E-state index contributed by atoms with van der Waals surface area (Å²) in [7, 11) is 3.45. The van der Waals surface area contributed by atoms with Crippen LogP contribution in [-0.4, -0.2) is 57.3 Å². The Kier molecular flexibility index (Phi) is 11.0. The Labute approximate surface area is 173 Å². The van der Waals surface area contributed by atoms with Crippen LogP contribution in [0.3, 0.4) is 0 Å². The lowest BCUT2D eigenvalue weighted by Crippen LogP contribution is -2.37. The van der Waals surface area contributed by atoms with Crippen LogP contribution in [0.5, 0.6) is 0 Å². The number of benzene rings is 1. The fourth-order valence-corrected chi connectivity index (χ4v) is 2.71. The largest absolute Gasteiger partial charge is 0.385 e. The Morgan fingerprint density at radius 1 is 1.27 bits per heavy atom. The molecule has 1 fully saturated rings. The molecule has 0 radical (unpaired) electrons. The number of methoxy groups -OCH3 is 1. The summed E-state index contributed by atoms with van der Waals surface area (Å²) in [5.74, 6) is 0.752. The van der Waals surface area contributed by atoms with Gasteiger partial charge < -0.3 is 25.6 Å². The average Bonchev–Trinajstić information content (AvgIpc) is 3.16. The van der Waals surface area contributed by atoms with Gasteiger partial charge in [-0.15, -0.1) is 24.0 Å². The van der Waals surface area contributed by atoms with E-state index in [0.717, 1.165) is 62.7 Å². The number of aliphatic imine (C=N–C) groups is 1. The molecule has 0 bridgehead atoms. The average molecular weight is 475 g/mol. The van der Waals surface area contributed by atoms with Gasteiger partial charge in [0.2, 0.25) is 0 Å². The first-order valence-electron chi connectivity index (χ1n) is 8.81. The molecule has 26 heavy (non-hydrogen) atoms. The first-order chi connectivity index (χ1) is 12.2. The van der Waals surface area contributed by atoms with Crippen molar-refractivity contribution in [1.29, 1.82) is 0 Å². The van der Waals surface area contributed by atoms with Crippen LogP contribution < -0.4 is 16.0 Å². The van der Waals surface area contributed by atoms with E-state index < -0.39 is 0 Å². The highest BCUT2D eigenvalue weighted by Crippen LogP contribution is 2.14. The number of hydrogen-bond donors (Lipinski definition) is 3. The molecule has 0 aliphatic carbocycles. The molecule has 2 rings (SSSR count). The highest BCUT2D eigenvalue weighted by molar-refractivity contribution is 14.0. The Morgan fingerprint density at radius 2 is 2.04 bits per heavy atom. The third-order valence-corrected chi connectivity index (χ3v) is 4.07. The van der Waals surface area contributed by atoms with E-state index >= 15 is 0 Å². The molecule has 146 valence electrons. The summed E-state index contributed by atoms with van der Waals surface area (Å²) >= 11 is 0. The van der Waals surface area contributed by atoms with Crippen LogP contribution in [0.1, 0.15) is 24.8 Å². The molecule has 1 heterocycles. The maximum Gasteiger partial charge on any atom is 0.321 e. The normalized spacial score (nSPS) is 13.9. The van der Waals surface area contributed by atoms with Crippen molar-refractivity contribution >= 4 is 41.7 Å². The Morgan fingerprint density at radius 3 is 2.73 bits per heavy atom. The molecule has 0 saturated carbocycles. The number of nitrogens with one attached hydrogen (secondary N) is 3. The van der Waals surface area contributed by atoms with Crippen LogP contribution in [0.4, 0.5) is 10.5 Å². The first kappa shape index (κ1) is 22.5. The quantitative estimate of drug-likeness (QED) is 0.245. The van der Waals surface area contributed by atoms with E-state index in [1.165, 1.54) is 0 Å². The highest BCUT2D eigenvalue weighted by Gasteiger charge is 2.17. The van der Waals surface area contributed by atoms with E-state index in [0.29, 0.717) is 6.54 Å². The fraction of sp³-hybridized carbons (Fsp3) is 0.556. The van der Waals surface area contributed by atoms with Gasteiger partial charge in [0.05, 0.1) is 0 Å². The van der Waals surface area contributed by atoms with E-state index in [2.05, 4.69) is 20.9 Å². The van der Waals surface area contributed by atoms with E-state index in [1.54, 1.807) is 14.2 Å². The van der Waals surface area contributed by atoms with E-state index in [-0.39, 0.29) is 30.0 Å². The zero-order chi connectivity index (χ0) is 17.9. The zero-order valence-corrected chi connectivity index (χ0v) is 17.9. The minimum absolute atomic E-state index is 0. The number of rotatable bonds is 7. The third-order valence-electron chi connectivity index (χ3n) is 4.07. The molecule has 8 heteroatoms. The predicted octanol–water partition coefficient (Wildman–Crippen LogP) is 2.63. The number of nitrogens with zero attached hydrogens (tertiary/aromatic N) is 2. The number of halogens is 1. The van der Waals surface area contributed by atoms with Crippen molar-refractivity contribution in [2.75, 3.05) is 45.7 Å². The number of carbonyl (C=O) groups is 1. The zero-order valence-electron chi connectivity index (χ0n) is 15.6. The summed E-state index contributed by atoms with van der Waals surface area (Å²) in [6.07, 6.45) is 3.11. The predicted molar refractivity (Wildman–Crippen MR) is 116 cm³/mol. The van der Waals surface area contributed by atoms with Gasteiger partial charge in [0.15, 0.2) is 5.96 Å². The molecule has 1 aromatic carbocycles. The number of likely N-dealkylation sites (tertiary alicyclic amines) is 1. The number of anilines is 1. The van der Waals surface area contributed by atoms with Crippen molar-refractivity contribution in [1.82, 2.24) is 15.5 Å². The van der Waals surface area contributed by atoms with E-state index in [4.69, 9.17) is 4.74 Å². The van der Waals surface area contributed by atoms with Crippen LogP contribution in [0.25, 0.3) is 0 Å². The lowest BCUT2D eigenvalue weighted by molar-refractivity contribution is 0.195. The number of guanidine groups is 1. The van der Waals surface area contributed by atoms with Crippen LogP contribution >= 0.6 is 24.0 Å². The number of carbonyl (C=O) groups excluding carboxylic acids is 1. The van der Waals surface area contributed by atoms with Gasteiger partial charge in [-0.2, -0.15) is 0 Å². The standard InChI is InChI=1S/C18H29N5O2.HI/c1-19-17(20-9-6-12-25-2)21-14-15-7-5-8-16(13-15)22-18(24)23-10-3-4-11-23;/h5,7-8,13H,3-4,6,9-12,14H2,1-2H3,(H,22,24)(H2,19,20,21);1H. The van der Waals surface area contributed by atoms with Crippen LogP contribution in [0.2, 0.25) is 0 Å². The van der Waals surface area contributed by atoms with Crippen molar-refractivity contribution in [2.45, 2.75) is 25.8 Å². The molecule has 0 spiro atoms. The Bertz CT molecular complexity index is 576. The summed E-state index contributed by atoms with van der Waals surface area (Å²) in [6, 6.07) is 7.86. The molecule has 1 aromatic rings. The van der Waals surface area contributed by atoms with Gasteiger partial charge >= 0.3 is 6.03 Å². The van der Waals surface area contributed by atoms with E-state index in [1.807, 2.05) is 29.2 Å². The van der Waals surface area contributed by atoms with Gasteiger partial charge in [-0.3, -0.25) is 4.99 Å². The SMILES string of the molecule is CN=C(NCCCOC)NCc1cccc(NC(=O)N2CCCC2)c1.I. The molecule has 3 N–H and O–H groups in total. The van der Waals surface area contributed by atoms with Crippen molar-refractivity contribution in [3.63, 3.8) is 0 Å². The first-order valence-corrected chi connectivity index (χ1v) is 8.81. The maximum absolute atomic E-state index is 12.2. The van der Waals surface area contributed by atoms with Gasteiger partial charge in [0.25, 0.3) is 0 Å². The van der Waals surface area contributed by atoms with Crippen molar-refractivity contribution in [3.8, 4) is 0 Å². The minimum atomic E-state index is -0.0155. The second kappa shape index (κ2) is 12.7. The summed E-state index contributed by atoms with van der Waals surface area (Å²) in [4.78, 5) is 18.2. The maximum atomic E-state index is 12.2. The van der Waals surface area contributed by atoms with Gasteiger partial charge in [0, 0.05) is 52.6 Å². The van der Waals surface area contributed by atoms with Crippen LogP contribution in [0.15, 0.2) is 29.3 Å². The fourth-order valence-electron chi connectivity index (χ4n) is 2.71. The van der Waals surface area contributed by atoms with Gasteiger partial charge in [-0.05, 0) is 37.0 Å². The lowest BCUT2D eigenvalue weighted by Gasteiger charge is -2.17. The number of ether oxygens (including phenoxy) is 1. The van der Waals surface area contributed by atoms with Gasteiger partial charge in [0.1, 0.15) is 0 Å². The molecule has 0 aromatic heterocycles. The van der Waals surface area contributed by atoms with Crippen molar-refractivity contribution < 1.29 is 9.53 Å². The molecule has 0 unspecified atom stereocenters. The highest BCUT2D eigenvalue weighted by atomic mass is 127. The second-order valence-corrected chi connectivity index (χ2v) is 6.02. The summed E-state index contributed by atoms with van der Waals surface area (Å²) in [5, 5.41) is 9.49. The smallest absolute Gasteiger partial charge is 0.321 e. The minimum Gasteiger partial charge on any atom is -0.385 e. The Balaban J connectivity index is 0.00000338. The Hall–Kier alpha value is -1.55. The molecular formula is C18H30IN5O2. The molecule has 2 amide bonds. The van der Waals surface area contributed by atoms with Crippen molar-refractivity contribution in [3.05, 3.63) is 29.8 Å². The molecule has 0 atom stereocenters. The molecule has 1 aliphatic heterocycles. The summed E-state index contributed by atoms with van der Waals surface area (Å²) in [6.45, 7) is 3.86. The monoisotopic (exact) mass is 475 g/mol. The molecule has 1 saturated heterocycles. The molecule has 1 aliphatic rings. The lowest BCUT2D eigenvalue weighted by atomic mass is 10.2.